The van der Waals surface area contributed by atoms with E-state index in [0.717, 1.165) is 25.1 Å². The molecule has 1 aliphatic carbocycles. The van der Waals surface area contributed by atoms with Gasteiger partial charge in [0.15, 0.2) is 5.96 Å². The van der Waals surface area contributed by atoms with Crippen molar-refractivity contribution in [1.29, 1.82) is 0 Å². The molecule has 0 amide bonds. The Kier molecular flexibility index (Phi) is 6.09. The molecule has 2 rings (SSSR count). The molecule has 1 saturated carbocycles. The fraction of sp³-hybridized carbons (Fsp3) is 0.941. The monoisotopic (exact) mass is 309 g/mol. The van der Waals surface area contributed by atoms with Crippen LogP contribution in [-0.2, 0) is 0 Å². The lowest BCUT2D eigenvalue weighted by molar-refractivity contribution is 0.247. The van der Waals surface area contributed by atoms with Crippen molar-refractivity contribution in [3.63, 3.8) is 0 Å². The van der Waals surface area contributed by atoms with Gasteiger partial charge in [0.2, 0.25) is 0 Å². The van der Waals surface area contributed by atoms with E-state index in [9.17, 15) is 0 Å². The van der Waals surface area contributed by atoms with Crippen LogP contribution in [-0.4, -0.2) is 73.7 Å². The van der Waals surface area contributed by atoms with Gasteiger partial charge in [0.05, 0.1) is 0 Å². The zero-order valence-electron chi connectivity index (χ0n) is 15.3. The molecule has 1 heterocycles. The van der Waals surface area contributed by atoms with Crippen molar-refractivity contribution in [1.82, 2.24) is 20.4 Å². The largest absolute Gasteiger partial charge is 0.355 e. The molecular weight excluding hydrogens is 274 g/mol. The fourth-order valence-electron chi connectivity index (χ4n) is 3.21. The summed E-state index contributed by atoms with van der Waals surface area (Å²) >= 11 is 0. The maximum absolute atomic E-state index is 4.41. The molecule has 3 atom stereocenters. The molecule has 5 heteroatoms. The summed E-state index contributed by atoms with van der Waals surface area (Å²) < 4.78 is 0. The van der Waals surface area contributed by atoms with Crippen LogP contribution < -0.4 is 10.6 Å². The first-order valence-corrected chi connectivity index (χ1v) is 8.85. The van der Waals surface area contributed by atoms with E-state index in [1.165, 1.54) is 19.4 Å². The Bertz CT molecular complexity index is 377. The van der Waals surface area contributed by atoms with Crippen LogP contribution >= 0.6 is 0 Å². The Morgan fingerprint density at radius 3 is 2.45 bits per heavy atom. The molecule has 2 fully saturated rings. The summed E-state index contributed by atoms with van der Waals surface area (Å²) in [6, 6.07) is 2.46. The first kappa shape index (κ1) is 17.5. The molecule has 0 aromatic carbocycles. The van der Waals surface area contributed by atoms with Crippen molar-refractivity contribution in [2.24, 2.45) is 10.9 Å². The van der Waals surface area contributed by atoms with E-state index in [-0.39, 0.29) is 0 Å². The molecule has 1 saturated heterocycles. The van der Waals surface area contributed by atoms with Crippen LogP contribution in [0.15, 0.2) is 4.99 Å². The van der Waals surface area contributed by atoms with E-state index >= 15 is 0 Å². The fourth-order valence-corrected chi connectivity index (χ4v) is 3.21. The molecule has 0 bridgehead atoms. The van der Waals surface area contributed by atoms with Gasteiger partial charge in [-0.15, -0.1) is 0 Å². The van der Waals surface area contributed by atoms with Gasteiger partial charge in [-0.05, 0) is 46.6 Å². The Morgan fingerprint density at radius 1 is 1.27 bits per heavy atom. The summed E-state index contributed by atoms with van der Waals surface area (Å²) in [6.45, 7) is 12.4. The highest BCUT2D eigenvalue weighted by atomic mass is 15.3. The predicted octanol–water partition coefficient (Wildman–Crippen LogP) is 1.36. The molecule has 3 unspecified atom stereocenters. The molecule has 128 valence electrons. The quantitative estimate of drug-likeness (QED) is 0.574. The summed E-state index contributed by atoms with van der Waals surface area (Å²) in [5.74, 6) is 1.60. The van der Waals surface area contributed by atoms with Crippen molar-refractivity contribution in [2.75, 3.05) is 33.7 Å². The summed E-state index contributed by atoms with van der Waals surface area (Å²) in [4.78, 5) is 9.43. The van der Waals surface area contributed by atoms with E-state index in [1.807, 2.05) is 7.05 Å². The number of rotatable bonds is 6. The molecule has 0 aromatic rings. The van der Waals surface area contributed by atoms with Gasteiger partial charge >= 0.3 is 0 Å². The van der Waals surface area contributed by atoms with E-state index in [0.29, 0.717) is 24.0 Å². The van der Waals surface area contributed by atoms with E-state index < -0.39 is 0 Å². The van der Waals surface area contributed by atoms with Crippen LogP contribution in [0.25, 0.3) is 0 Å². The van der Waals surface area contributed by atoms with Gasteiger partial charge in [0.25, 0.3) is 0 Å². The average Bonchev–Trinajstić information content (AvgIpc) is 3.26. The van der Waals surface area contributed by atoms with Crippen LogP contribution in [0, 0.1) is 5.92 Å². The molecule has 1 aliphatic heterocycles. The smallest absolute Gasteiger partial charge is 0.191 e. The normalized spacial score (nSPS) is 28.5. The molecule has 5 nitrogen and oxygen atoms in total. The highest BCUT2D eigenvalue weighted by Crippen LogP contribution is 2.26. The third kappa shape index (κ3) is 4.59. The zero-order valence-corrected chi connectivity index (χ0v) is 15.3. The van der Waals surface area contributed by atoms with Gasteiger partial charge in [-0.3, -0.25) is 14.8 Å². The maximum atomic E-state index is 4.41. The second-order valence-corrected chi connectivity index (χ2v) is 7.47. The molecule has 0 radical (unpaired) electrons. The van der Waals surface area contributed by atoms with Crippen molar-refractivity contribution >= 4 is 5.96 Å². The van der Waals surface area contributed by atoms with Crippen LogP contribution in [0.2, 0.25) is 0 Å². The topological polar surface area (TPSA) is 42.9 Å². The molecule has 22 heavy (non-hydrogen) atoms. The second-order valence-electron chi connectivity index (χ2n) is 7.47. The highest BCUT2D eigenvalue weighted by Gasteiger charge is 2.32. The Morgan fingerprint density at radius 2 is 1.95 bits per heavy atom. The Balaban J connectivity index is 1.77. The standard InChI is InChI=1S/C17H35N5/c1-12(2)22-10-13(3)16(11-22)20-17(18-5)19-9-14(4)21(6)15-7-8-15/h12-16H,7-11H2,1-6H3,(H2,18,19,20). The zero-order chi connectivity index (χ0) is 16.3. The number of likely N-dealkylation sites (tertiary alicyclic amines) is 1. The average molecular weight is 310 g/mol. The first-order chi connectivity index (χ1) is 10.4. The number of aliphatic imine (C=N–C) groups is 1. The summed E-state index contributed by atoms with van der Waals surface area (Å²) in [7, 11) is 4.10. The van der Waals surface area contributed by atoms with Gasteiger partial charge in [0.1, 0.15) is 0 Å². The number of hydrogen-bond acceptors (Lipinski definition) is 3. The lowest BCUT2D eigenvalue weighted by atomic mass is 10.1. The van der Waals surface area contributed by atoms with Gasteiger partial charge in [-0.2, -0.15) is 0 Å². The second kappa shape index (κ2) is 7.64. The third-order valence-electron chi connectivity index (χ3n) is 5.30. The Hall–Kier alpha value is -0.810. The lowest BCUT2D eigenvalue weighted by Gasteiger charge is -2.27. The Labute approximate surface area is 136 Å². The van der Waals surface area contributed by atoms with Crippen molar-refractivity contribution in [3.8, 4) is 0 Å². The van der Waals surface area contributed by atoms with Gasteiger partial charge in [-0.1, -0.05) is 6.92 Å². The maximum Gasteiger partial charge on any atom is 0.191 e. The van der Waals surface area contributed by atoms with E-state index in [1.54, 1.807) is 0 Å². The van der Waals surface area contributed by atoms with Gasteiger partial charge in [0, 0.05) is 50.8 Å². The minimum Gasteiger partial charge on any atom is -0.355 e. The third-order valence-corrected chi connectivity index (χ3v) is 5.30. The molecule has 0 aromatic heterocycles. The molecule has 0 spiro atoms. The van der Waals surface area contributed by atoms with Crippen LogP contribution in [0.5, 0.6) is 0 Å². The minimum atomic E-state index is 0.491. The number of nitrogens with one attached hydrogen (secondary N) is 2. The number of guanidine groups is 1. The highest BCUT2D eigenvalue weighted by molar-refractivity contribution is 5.80. The molecule has 2 N–H and O–H groups in total. The minimum absolute atomic E-state index is 0.491. The van der Waals surface area contributed by atoms with Gasteiger partial charge < -0.3 is 10.6 Å². The summed E-state index contributed by atoms with van der Waals surface area (Å²) in [6.07, 6.45) is 2.72. The van der Waals surface area contributed by atoms with E-state index in [4.69, 9.17) is 0 Å². The summed E-state index contributed by atoms with van der Waals surface area (Å²) in [5, 5.41) is 7.12. The van der Waals surface area contributed by atoms with Crippen molar-refractivity contribution in [3.05, 3.63) is 0 Å². The number of likely N-dealkylation sites (N-methyl/N-ethyl adjacent to an activating group) is 1. The predicted molar refractivity (Wildman–Crippen MR) is 94.4 cm³/mol. The van der Waals surface area contributed by atoms with E-state index in [2.05, 4.69) is 60.2 Å². The van der Waals surface area contributed by atoms with Crippen LogP contribution in [0.4, 0.5) is 0 Å². The SMILES string of the molecule is CN=C(NCC(C)N(C)C1CC1)NC1CN(C(C)C)CC1C. The molecular formula is C17H35N5. The van der Waals surface area contributed by atoms with Gasteiger partial charge in [-0.25, -0.2) is 0 Å². The van der Waals surface area contributed by atoms with Crippen molar-refractivity contribution < 1.29 is 0 Å². The van der Waals surface area contributed by atoms with Crippen LogP contribution in [0.3, 0.4) is 0 Å². The van der Waals surface area contributed by atoms with Crippen LogP contribution in [0.1, 0.15) is 40.5 Å². The summed E-state index contributed by atoms with van der Waals surface area (Å²) in [5.41, 5.74) is 0. The molecule has 2 aliphatic rings. The first-order valence-electron chi connectivity index (χ1n) is 8.85. The van der Waals surface area contributed by atoms with Crippen molar-refractivity contribution in [2.45, 2.75) is 64.7 Å². The lowest BCUT2D eigenvalue weighted by Crippen LogP contribution is -2.50. The number of nitrogens with zero attached hydrogens (tertiary/aromatic N) is 3. The number of hydrogen-bond donors (Lipinski definition) is 2.